The first-order valence-electron chi connectivity index (χ1n) is 10.8. The molecule has 1 aromatic heterocycles. The van der Waals surface area contributed by atoms with Crippen LogP contribution >= 0.6 is 23.2 Å². The van der Waals surface area contributed by atoms with Gasteiger partial charge in [0.05, 0.1) is 33.4 Å². The van der Waals surface area contributed by atoms with Gasteiger partial charge in [-0.15, -0.1) is 0 Å². The molecule has 1 aliphatic heterocycles. The van der Waals surface area contributed by atoms with E-state index >= 15 is 0 Å². The summed E-state index contributed by atoms with van der Waals surface area (Å²) in [5.41, 5.74) is 2.12. The van der Waals surface area contributed by atoms with E-state index in [4.69, 9.17) is 23.2 Å². The lowest BCUT2D eigenvalue weighted by Gasteiger charge is -2.18. The number of carbonyl (C=O) groups is 2. The summed E-state index contributed by atoms with van der Waals surface area (Å²) in [5, 5.41) is 3.70. The maximum Gasteiger partial charge on any atom is 0.255 e. The summed E-state index contributed by atoms with van der Waals surface area (Å²) in [6, 6.07) is 9.32. The van der Waals surface area contributed by atoms with Crippen LogP contribution in [0.2, 0.25) is 10.0 Å². The number of carbonyl (C=O) groups excluding carboxylic acids is 2. The van der Waals surface area contributed by atoms with E-state index in [-0.39, 0.29) is 16.7 Å². The van der Waals surface area contributed by atoms with E-state index in [1.807, 2.05) is 6.92 Å². The minimum atomic E-state index is -1.15. The Kier molecular flexibility index (Phi) is 7.36. The number of hydrogen-bond acceptors (Lipinski definition) is 4. The quantitative estimate of drug-likeness (QED) is 0.497. The average Bonchev–Trinajstić information content (AvgIpc) is 3.47. The van der Waals surface area contributed by atoms with Gasteiger partial charge in [-0.1, -0.05) is 30.1 Å². The molecule has 4 rings (SSSR count). The molecule has 0 bridgehead atoms. The number of rotatable bonds is 7. The second-order valence-corrected chi connectivity index (χ2v) is 10.5. The Morgan fingerprint density at radius 2 is 1.94 bits per heavy atom. The molecule has 10 heteroatoms. The van der Waals surface area contributed by atoms with Crippen LogP contribution in [0.3, 0.4) is 0 Å². The Morgan fingerprint density at radius 1 is 1.18 bits per heavy atom. The molecule has 0 saturated carbocycles. The molecular weight excluding hydrogens is 483 g/mol. The number of aromatic amines is 1. The molecule has 1 aliphatic rings. The fourth-order valence-electron chi connectivity index (χ4n) is 3.82. The van der Waals surface area contributed by atoms with Crippen LogP contribution in [0.5, 0.6) is 0 Å². The minimum absolute atomic E-state index is 0.124. The molecule has 2 unspecified atom stereocenters. The van der Waals surface area contributed by atoms with E-state index in [0.29, 0.717) is 33.2 Å². The van der Waals surface area contributed by atoms with E-state index < -0.39 is 22.7 Å². The van der Waals surface area contributed by atoms with Crippen LogP contribution < -0.4 is 5.32 Å². The molecule has 3 aromatic rings. The van der Waals surface area contributed by atoms with Crippen molar-refractivity contribution in [3.05, 3.63) is 63.4 Å². The first-order valence-corrected chi connectivity index (χ1v) is 13.0. The fourth-order valence-corrected chi connectivity index (χ4v) is 5.10. The van der Waals surface area contributed by atoms with Gasteiger partial charge < -0.3 is 15.2 Å². The lowest BCUT2D eigenvalue weighted by atomic mass is 10.1. The minimum Gasteiger partial charge on any atom is -0.341 e. The zero-order valence-electron chi connectivity index (χ0n) is 18.1. The van der Waals surface area contributed by atoms with Gasteiger partial charge in [0.25, 0.3) is 11.8 Å². The fraction of sp³-hybridized carbons (Fsp3) is 0.348. The van der Waals surface area contributed by atoms with Gasteiger partial charge in [0, 0.05) is 40.2 Å². The number of halogens is 2. The Hall–Kier alpha value is -2.42. The zero-order chi connectivity index (χ0) is 23.5. The Labute approximate surface area is 204 Å². The summed E-state index contributed by atoms with van der Waals surface area (Å²) in [4.78, 5) is 35.2. The predicted molar refractivity (Wildman–Crippen MR) is 131 cm³/mol. The Bertz CT molecular complexity index is 1220. The number of likely N-dealkylation sites (tertiary alicyclic amines) is 1. The molecule has 7 nitrogen and oxygen atoms in total. The van der Waals surface area contributed by atoms with Crippen molar-refractivity contribution >= 4 is 56.8 Å². The number of benzene rings is 2. The van der Waals surface area contributed by atoms with Crippen LogP contribution in [0.4, 0.5) is 0 Å². The van der Waals surface area contributed by atoms with E-state index in [9.17, 15) is 13.8 Å². The van der Waals surface area contributed by atoms with E-state index in [1.54, 1.807) is 35.2 Å². The molecule has 2 aromatic carbocycles. The summed E-state index contributed by atoms with van der Waals surface area (Å²) in [6.07, 6.45) is 1.97. The third kappa shape index (κ3) is 5.39. The van der Waals surface area contributed by atoms with Crippen molar-refractivity contribution in [1.82, 2.24) is 20.2 Å². The smallest absolute Gasteiger partial charge is 0.255 e. The monoisotopic (exact) mass is 506 g/mol. The summed E-state index contributed by atoms with van der Waals surface area (Å²) >= 11 is 12.4. The number of nitrogens with zero attached hydrogens (tertiary/aromatic N) is 2. The number of hydrogen-bond donors (Lipinski definition) is 2. The molecule has 0 radical (unpaired) electrons. The highest BCUT2D eigenvalue weighted by Gasteiger charge is 2.24. The summed E-state index contributed by atoms with van der Waals surface area (Å²) in [7, 11) is -1.15. The van der Waals surface area contributed by atoms with Crippen molar-refractivity contribution in [2.45, 2.75) is 25.8 Å². The van der Waals surface area contributed by atoms with Gasteiger partial charge in [0.15, 0.2) is 0 Å². The highest BCUT2D eigenvalue weighted by atomic mass is 35.5. The summed E-state index contributed by atoms with van der Waals surface area (Å²) < 4.78 is 12.3. The number of imidazole rings is 1. The molecule has 174 valence electrons. The SMILES string of the molecule is CCS(=O)CC(NC(=O)c1ccc(C(=O)N2CCCC2)c(Cl)c1)c1nc2ccc(Cl)cc2[nH]1. The topological polar surface area (TPSA) is 95.2 Å². The van der Waals surface area contributed by atoms with Crippen LogP contribution in [0.25, 0.3) is 11.0 Å². The molecule has 33 heavy (non-hydrogen) atoms. The molecule has 1 fully saturated rings. The summed E-state index contributed by atoms with van der Waals surface area (Å²) in [6.45, 7) is 3.26. The van der Waals surface area contributed by atoms with Gasteiger partial charge in [0.2, 0.25) is 0 Å². The first kappa shape index (κ1) is 23.7. The van der Waals surface area contributed by atoms with E-state index in [1.165, 1.54) is 6.07 Å². The number of nitrogens with one attached hydrogen (secondary N) is 2. The zero-order valence-corrected chi connectivity index (χ0v) is 20.4. The van der Waals surface area contributed by atoms with Gasteiger partial charge in [0.1, 0.15) is 5.82 Å². The molecule has 2 N–H and O–H groups in total. The van der Waals surface area contributed by atoms with Crippen LogP contribution in [0.15, 0.2) is 36.4 Å². The number of amides is 2. The molecule has 0 spiro atoms. The molecular formula is C23H24Cl2N4O3S. The lowest BCUT2D eigenvalue weighted by Crippen LogP contribution is -2.33. The first-order chi connectivity index (χ1) is 15.9. The molecule has 2 atom stereocenters. The van der Waals surface area contributed by atoms with E-state index in [0.717, 1.165) is 31.4 Å². The van der Waals surface area contributed by atoms with Crippen molar-refractivity contribution in [3.63, 3.8) is 0 Å². The standard InChI is InChI=1S/C23H24Cl2N4O3S/c1-2-33(32)13-20(21-26-18-8-6-15(24)12-19(18)27-21)28-22(30)14-5-7-16(17(25)11-14)23(31)29-9-3-4-10-29/h5-8,11-12,20H,2-4,9-10,13H2,1H3,(H,26,27)(H,28,30). The van der Waals surface area contributed by atoms with Crippen molar-refractivity contribution < 1.29 is 13.8 Å². The van der Waals surface area contributed by atoms with Crippen molar-refractivity contribution in [2.75, 3.05) is 24.6 Å². The van der Waals surface area contributed by atoms with Gasteiger partial charge >= 0.3 is 0 Å². The lowest BCUT2D eigenvalue weighted by molar-refractivity contribution is 0.0792. The summed E-state index contributed by atoms with van der Waals surface area (Å²) in [5.74, 6) is 0.636. The van der Waals surface area contributed by atoms with Crippen LogP contribution in [0, 0.1) is 0 Å². The second kappa shape index (κ2) is 10.2. The van der Waals surface area contributed by atoms with Crippen molar-refractivity contribution in [3.8, 4) is 0 Å². The van der Waals surface area contributed by atoms with Gasteiger partial charge in [-0.05, 0) is 49.2 Å². The molecule has 2 heterocycles. The van der Waals surface area contributed by atoms with Gasteiger partial charge in [-0.25, -0.2) is 4.98 Å². The maximum absolute atomic E-state index is 13.0. The third-order valence-corrected chi connectivity index (χ3v) is 7.52. The number of aromatic nitrogens is 2. The van der Waals surface area contributed by atoms with Crippen molar-refractivity contribution in [2.24, 2.45) is 0 Å². The predicted octanol–water partition coefficient (Wildman–Crippen LogP) is 4.35. The van der Waals surface area contributed by atoms with Gasteiger partial charge in [-0.3, -0.25) is 13.8 Å². The van der Waals surface area contributed by atoms with E-state index in [2.05, 4.69) is 15.3 Å². The number of H-pyrrole nitrogens is 1. The maximum atomic E-state index is 13.0. The molecule has 1 saturated heterocycles. The Morgan fingerprint density at radius 3 is 2.64 bits per heavy atom. The molecule has 0 aliphatic carbocycles. The van der Waals surface area contributed by atoms with Crippen LogP contribution in [0.1, 0.15) is 52.3 Å². The Balaban J connectivity index is 1.56. The second-order valence-electron chi connectivity index (χ2n) is 7.90. The van der Waals surface area contributed by atoms with Gasteiger partial charge in [-0.2, -0.15) is 0 Å². The van der Waals surface area contributed by atoms with Crippen LogP contribution in [-0.2, 0) is 10.8 Å². The van der Waals surface area contributed by atoms with Crippen molar-refractivity contribution in [1.29, 1.82) is 0 Å². The highest BCUT2D eigenvalue weighted by Crippen LogP contribution is 2.24. The average molecular weight is 507 g/mol. The third-order valence-electron chi connectivity index (χ3n) is 5.63. The normalized spacial score (nSPS) is 15.5. The molecule has 2 amide bonds. The number of fused-ring (bicyclic) bond motifs is 1. The van der Waals surface area contributed by atoms with Crippen LogP contribution in [-0.4, -0.2) is 55.5 Å². The highest BCUT2D eigenvalue weighted by molar-refractivity contribution is 7.84. The largest absolute Gasteiger partial charge is 0.341 e.